The number of nitrogens with one attached hydrogen (secondary N) is 3. The van der Waals surface area contributed by atoms with Crippen LogP contribution in [0.5, 0.6) is 0 Å². The molecular weight excluding hydrogens is 526 g/mol. The van der Waals surface area contributed by atoms with Crippen molar-refractivity contribution in [1.82, 2.24) is 20.6 Å². The van der Waals surface area contributed by atoms with Gasteiger partial charge in [-0.2, -0.15) is 0 Å². The second kappa shape index (κ2) is 11.8. The average Bonchev–Trinajstić information content (AvgIpc) is 3.18. The van der Waals surface area contributed by atoms with Crippen LogP contribution in [0.15, 0.2) is 58.3 Å². The third kappa shape index (κ3) is 7.06. The minimum atomic E-state index is 0. The van der Waals surface area contributed by atoms with Crippen molar-refractivity contribution in [2.75, 3.05) is 25.5 Å². The maximum atomic E-state index is 6.08. The fourth-order valence-corrected chi connectivity index (χ4v) is 2.85. The van der Waals surface area contributed by atoms with Gasteiger partial charge in [0, 0.05) is 31.9 Å². The summed E-state index contributed by atoms with van der Waals surface area (Å²) in [5, 5.41) is 10.5. The first-order valence-corrected chi connectivity index (χ1v) is 9.40. The second-order valence-electron chi connectivity index (χ2n) is 5.77. The van der Waals surface area contributed by atoms with E-state index in [1.54, 1.807) is 25.6 Å². The van der Waals surface area contributed by atoms with Crippen molar-refractivity contribution in [3.05, 3.63) is 64.6 Å². The Morgan fingerprint density at radius 3 is 2.66 bits per heavy atom. The number of aromatic nitrogens is 2. The predicted molar refractivity (Wildman–Crippen MR) is 128 cm³/mol. The van der Waals surface area contributed by atoms with Crippen molar-refractivity contribution in [2.24, 2.45) is 4.99 Å². The van der Waals surface area contributed by atoms with E-state index in [-0.39, 0.29) is 24.0 Å². The third-order valence-electron chi connectivity index (χ3n) is 3.75. The van der Waals surface area contributed by atoms with Crippen molar-refractivity contribution in [3.63, 3.8) is 0 Å². The molecule has 3 rings (SSSR count). The van der Waals surface area contributed by atoms with Crippen LogP contribution >= 0.6 is 47.2 Å². The average molecular weight is 547 g/mol. The molecule has 7 nitrogen and oxygen atoms in total. The Morgan fingerprint density at radius 1 is 1.14 bits per heavy atom. The summed E-state index contributed by atoms with van der Waals surface area (Å²) in [4.78, 5) is 12.8. The Morgan fingerprint density at radius 2 is 1.93 bits per heavy atom. The van der Waals surface area contributed by atoms with E-state index in [1.807, 2.05) is 30.3 Å². The standard InChI is InChI=1S/C19H20Cl2N6O.HI/c1-22-19(24-8-7-23-17-16(21)9-14(20)10-25-17)26-11-15-12-28-18(27-15)13-5-3-2-4-6-13;/h2-6,9-10,12H,7-8,11H2,1H3,(H,23,25)(H2,22,24,26);1H. The summed E-state index contributed by atoms with van der Waals surface area (Å²) in [5.41, 5.74) is 1.73. The van der Waals surface area contributed by atoms with E-state index < -0.39 is 0 Å². The molecule has 0 saturated heterocycles. The summed E-state index contributed by atoms with van der Waals surface area (Å²) in [6.07, 6.45) is 3.18. The molecule has 154 valence electrons. The zero-order chi connectivity index (χ0) is 19.8. The zero-order valence-electron chi connectivity index (χ0n) is 15.7. The number of pyridine rings is 1. The molecule has 2 heterocycles. The highest BCUT2D eigenvalue weighted by Crippen LogP contribution is 2.22. The summed E-state index contributed by atoms with van der Waals surface area (Å²) in [5.74, 6) is 1.84. The Kier molecular flexibility index (Phi) is 9.49. The number of oxazole rings is 1. The van der Waals surface area contributed by atoms with E-state index in [9.17, 15) is 0 Å². The zero-order valence-corrected chi connectivity index (χ0v) is 19.5. The minimum absolute atomic E-state index is 0. The van der Waals surface area contributed by atoms with Crippen LogP contribution in [-0.4, -0.2) is 36.1 Å². The molecule has 0 bridgehead atoms. The smallest absolute Gasteiger partial charge is 0.226 e. The van der Waals surface area contributed by atoms with Crippen LogP contribution in [-0.2, 0) is 6.54 Å². The van der Waals surface area contributed by atoms with E-state index in [0.29, 0.717) is 47.3 Å². The maximum Gasteiger partial charge on any atom is 0.226 e. The number of anilines is 1. The van der Waals surface area contributed by atoms with Gasteiger partial charge in [0.2, 0.25) is 5.89 Å². The lowest BCUT2D eigenvalue weighted by Gasteiger charge is -2.12. The number of guanidine groups is 1. The van der Waals surface area contributed by atoms with E-state index in [1.165, 1.54) is 0 Å². The summed E-state index contributed by atoms with van der Waals surface area (Å²) >= 11 is 11.9. The van der Waals surface area contributed by atoms with Crippen molar-refractivity contribution >= 4 is 59.0 Å². The van der Waals surface area contributed by atoms with Crippen LogP contribution in [0.4, 0.5) is 5.82 Å². The van der Waals surface area contributed by atoms with Crippen LogP contribution in [0.1, 0.15) is 5.69 Å². The SMILES string of the molecule is CN=C(NCCNc1ncc(Cl)cc1Cl)NCc1coc(-c2ccccc2)n1.I. The maximum absolute atomic E-state index is 6.08. The molecule has 2 aromatic heterocycles. The fourth-order valence-electron chi connectivity index (χ4n) is 2.40. The van der Waals surface area contributed by atoms with Crippen LogP contribution in [0.2, 0.25) is 10.0 Å². The van der Waals surface area contributed by atoms with Gasteiger partial charge in [0.1, 0.15) is 12.1 Å². The fraction of sp³-hybridized carbons (Fsp3) is 0.211. The molecule has 0 fully saturated rings. The van der Waals surface area contributed by atoms with Crippen LogP contribution in [0.25, 0.3) is 11.5 Å². The van der Waals surface area contributed by atoms with Crippen molar-refractivity contribution in [3.8, 4) is 11.5 Å². The number of hydrogen-bond acceptors (Lipinski definition) is 5. The molecule has 0 aliphatic heterocycles. The van der Waals surface area contributed by atoms with Gasteiger partial charge in [0.15, 0.2) is 5.96 Å². The lowest BCUT2D eigenvalue weighted by atomic mass is 10.2. The molecule has 10 heteroatoms. The largest absolute Gasteiger partial charge is 0.444 e. The number of benzene rings is 1. The van der Waals surface area contributed by atoms with E-state index in [4.69, 9.17) is 27.6 Å². The van der Waals surface area contributed by atoms with Gasteiger partial charge < -0.3 is 20.4 Å². The molecule has 0 amide bonds. The van der Waals surface area contributed by atoms with E-state index in [0.717, 1.165) is 11.3 Å². The van der Waals surface area contributed by atoms with Gasteiger partial charge in [0.05, 0.1) is 22.3 Å². The summed E-state index contributed by atoms with van der Waals surface area (Å²) in [6.45, 7) is 1.72. The Balaban J connectivity index is 0.00000300. The van der Waals surface area contributed by atoms with Crippen molar-refractivity contribution in [2.45, 2.75) is 6.54 Å². The topological polar surface area (TPSA) is 87.4 Å². The molecule has 29 heavy (non-hydrogen) atoms. The number of halogens is 3. The highest BCUT2D eigenvalue weighted by molar-refractivity contribution is 14.0. The lowest BCUT2D eigenvalue weighted by Crippen LogP contribution is -2.39. The summed E-state index contributed by atoms with van der Waals surface area (Å²) < 4.78 is 5.53. The van der Waals surface area contributed by atoms with Crippen LogP contribution in [0.3, 0.4) is 0 Å². The third-order valence-corrected chi connectivity index (χ3v) is 4.25. The van der Waals surface area contributed by atoms with Crippen LogP contribution < -0.4 is 16.0 Å². The first-order valence-electron chi connectivity index (χ1n) is 8.65. The van der Waals surface area contributed by atoms with Gasteiger partial charge in [-0.05, 0) is 18.2 Å². The van der Waals surface area contributed by atoms with Crippen molar-refractivity contribution < 1.29 is 4.42 Å². The molecule has 0 unspecified atom stereocenters. The lowest BCUT2D eigenvalue weighted by molar-refractivity contribution is 0.572. The first kappa shape index (κ1) is 23.2. The molecule has 0 saturated carbocycles. The molecule has 1 aromatic carbocycles. The molecule has 3 N–H and O–H groups in total. The Labute approximate surface area is 196 Å². The minimum Gasteiger partial charge on any atom is -0.444 e. The highest BCUT2D eigenvalue weighted by Gasteiger charge is 2.07. The Bertz CT molecular complexity index is 935. The molecular formula is C19H21Cl2IN6O. The Hall–Kier alpha value is -2.04. The number of hydrogen-bond donors (Lipinski definition) is 3. The molecule has 0 aliphatic rings. The van der Waals surface area contributed by atoms with Gasteiger partial charge in [-0.15, -0.1) is 24.0 Å². The van der Waals surface area contributed by atoms with Gasteiger partial charge in [-0.25, -0.2) is 9.97 Å². The monoisotopic (exact) mass is 546 g/mol. The molecule has 0 spiro atoms. The van der Waals surface area contributed by atoms with Gasteiger partial charge in [-0.3, -0.25) is 4.99 Å². The number of rotatable bonds is 7. The molecule has 0 radical (unpaired) electrons. The summed E-state index contributed by atoms with van der Waals surface area (Å²) in [7, 11) is 1.71. The van der Waals surface area contributed by atoms with E-state index in [2.05, 4.69) is 30.9 Å². The highest BCUT2D eigenvalue weighted by atomic mass is 127. The first-order chi connectivity index (χ1) is 13.7. The second-order valence-corrected chi connectivity index (χ2v) is 6.62. The normalized spacial score (nSPS) is 10.9. The molecule has 3 aromatic rings. The van der Waals surface area contributed by atoms with Crippen LogP contribution in [0, 0.1) is 0 Å². The van der Waals surface area contributed by atoms with E-state index >= 15 is 0 Å². The molecule has 0 atom stereocenters. The number of aliphatic imine (C=N–C) groups is 1. The predicted octanol–water partition coefficient (Wildman–Crippen LogP) is 4.44. The molecule has 0 aliphatic carbocycles. The van der Waals surface area contributed by atoms with Gasteiger partial charge in [-0.1, -0.05) is 41.4 Å². The number of nitrogens with zero attached hydrogens (tertiary/aromatic N) is 3. The summed E-state index contributed by atoms with van der Waals surface area (Å²) in [6, 6.07) is 11.4. The van der Waals surface area contributed by atoms with Gasteiger partial charge >= 0.3 is 0 Å². The van der Waals surface area contributed by atoms with Crippen molar-refractivity contribution in [1.29, 1.82) is 0 Å². The van der Waals surface area contributed by atoms with Gasteiger partial charge in [0.25, 0.3) is 0 Å². The quantitative estimate of drug-likeness (QED) is 0.176.